The Labute approximate surface area is 97.3 Å². The molecule has 2 heterocycles. The van der Waals surface area contributed by atoms with Crippen molar-refractivity contribution in [1.82, 2.24) is 10.2 Å². The van der Waals surface area contributed by atoms with Gasteiger partial charge in [0.15, 0.2) is 0 Å². The SMILES string of the molecule is CCC(C)(C)N1CC2(CCNCC2)OC1=O. The minimum atomic E-state index is -0.214. The minimum Gasteiger partial charge on any atom is -0.441 e. The Kier molecular flexibility index (Phi) is 2.86. The van der Waals surface area contributed by atoms with Gasteiger partial charge in [-0.15, -0.1) is 0 Å². The van der Waals surface area contributed by atoms with Gasteiger partial charge in [-0.1, -0.05) is 6.92 Å². The van der Waals surface area contributed by atoms with Crippen LogP contribution in [-0.2, 0) is 4.74 Å². The Morgan fingerprint density at radius 1 is 1.44 bits per heavy atom. The van der Waals surface area contributed by atoms with E-state index >= 15 is 0 Å². The van der Waals surface area contributed by atoms with Crippen LogP contribution in [0.25, 0.3) is 0 Å². The molecule has 4 nitrogen and oxygen atoms in total. The highest BCUT2D eigenvalue weighted by atomic mass is 16.6. The van der Waals surface area contributed by atoms with Crippen LogP contribution in [0.4, 0.5) is 4.79 Å². The Morgan fingerprint density at radius 3 is 2.62 bits per heavy atom. The molecule has 1 spiro atoms. The van der Waals surface area contributed by atoms with Crippen LogP contribution >= 0.6 is 0 Å². The number of hydrogen-bond donors (Lipinski definition) is 1. The van der Waals surface area contributed by atoms with Gasteiger partial charge in [0.2, 0.25) is 0 Å². The fraction of sp³-hybridized carbons (Fsp3) is 0.917. The summed E-state index contributed by atoms with van der Waals surface area (Å²) in [7, 11) is 0. The van der Waals surface area contributed by atoms with E-state index in [2.05, 4.69) is 26.1 Å². The van der Waals surface area contributed by atoms with Crippen molar-refractivity contribution in [3.8, 4) is 0 Å². The molecule has 0 atom stereocenters. The first-order valence-electron chi connectivity index (χ1n) is 6.20. The van der Waals surface area contributed by atoms with Gasteiger partial charge in [-0.05, 0) is 33.4 Å². The summed E-state index contributed by atoms with van der Waals surface area (Å²) in [4.78, 5) is 13.8. The van der Waals surface area contributed by atoms with Crippen molar-refractivity contribution in [1.29, 1.82) is 0 Å². The lowest BCUT2D eigenvalue weighted by Crippen LogP contribution is -2.48. The first kappa shape index (κ1) is 11.7. The van der Waals surface area contributed by atoms with Gasteiger partial charge in [0.1, 0.15) is 5.60 Å². The zero-order chi connectivity index (χ0) is 11.8. The van der Waals surface area contributed by atoms with E-state index in [-0.39, 0.29) is 17.2 Å². The third kappa shape index (κ3) is 1.90. The highest BCUT2D eigenvalue weighted by Crippen LogP contribution is 2.35. The lowest BCUT2D eigenvalue weighted by Gasteiger charge is -2.35. The molecule has 2 fully saturated rings. The number of hydrogen-bond acceptors (Lipinski definition) is 3. The first-order valence-corrected chi connectivity index (χ1v) is 6.20. The molecule has 2 aliphatic rings. The lowest BCUT2D eigenvalue weighted by molar-refractivity contribution is 0.0316. The van der Waals surface area contributed by atoms with E-state index in [1.165, 1.54) is 0 Å². The molecule has 0 aliphatic carbocycles. The van der Waals surface area contributed by atoms with E-state index in [0.29, 0.717) is 0 Å². The topological polar surface area (TPSA) is 41.6 Å². The number of piperidine rings is 1. The molecule has 0 bridgehead atoms. The molecule has 16 heavy (non-hydrogen) atoms. The number of amides is 1. The Balaban J connectivity index is 2.12. The lowest BCUT2D eigenvalue weighted by atomic mass is 9.90. The van der Waals surface area contributed by atoms with E-state index in [9.17, 15) is 4.79 Å². The van der Waals surface area contributed by atoms with Crippen molar-refractivity contribution >= 4 is 6.09 Å². The van der Waals surface area contributed by atoms with Crippen LogP contribution in [0.2, 0.25) is 0 Å². The fourth-order valence-corrected chi connectivity index (χ4v) is 2.42. The van der Waals surface area contributed by atoms with Crippen LogP contribution in [0, 0.1) is 0 Å². The van der Waals surface area contributed by atoms with Gasteiger partial charge in [0.25, 0.3) is 0 Å². The van der Waals surface area contributed by atoms with Crippen molar-refractivity contribution in [2.45, 2.75) is 51.2 Å². The zero-order valence-electron chi connectivity index (χ0n) is 10.5. The highest BCUT2D eigenvalue weighted by Gasteiger charge is 2.49. The van der Waals surface area contributed by atoms with E-state index in [1.807, 2.05) is 4.90 Å². The standard InChI is InChI=1S/C12H22N2O2/c1-4-11(2,3)14-9-12(16-10(14)15)5-7-13-8-6-12/h13H,4-9H2,1-3H3. The van der Waals surface area contributed by atoms with E-state index in [4.69, 9.17) is 4.74 Å². The van der Waals surface area contributed by atoms with Crippen LogP contribution in [-0.4, -0.2) is 41.8 Å². The molecule has 1 amide bonds. The number of rotatable bonds is 2. The summed E-state index contributed by atoms with van der Waals surface area (Å²) in [5.74, 6) is 0. The Morgan fingerprint density at radius 2 is 2.06 bits per heavy atom. The van der Waals surface area contributed by atoms with Crippen LogP contribution < -0.4 is 5.32 Å². The molecule has 2 aliphatic heterocycles. The predicted octanol–water partition coefficient (Wildman–Crippen LogP) is 1.75. The fourth-order valence-electron chi connectivity index (χ4n) is 2.42. The van der Waals surface area contributed by atoms with Gasteiger partial charge in [-0.2, -0.15) is 0 Å². The molecule has 0 saturated carbocycles. The maximum absolute atomic E-state index is 11.9. The van der Waals surface area contributed by atoms with E-state index < -0.39 is 0 Å². The predicted molar refractivity (Wildman–Crippen MR) is 62.4 cm³/mol. The largest absolute Gasteiger partial charge is 0.441 e. The first-order chi connectivity index (χ1) is 7.49. The van der Waals surface area contributed by atoms with Crippen LogP contribution in [0.1, 0.15) is 40.0 Å². The van der Waals surface area contributed by atoms with Gasteiger partial charge in [-0.25, -0.2) is 4.79 Å². The maximum Gasteiger partial charge on any atom is 0.410 e. The van der Waals surface area contributed by atoms with Crippen LogP contribution in [0.3, 0.4) is 0 Å². The average Bonchev–Trinajstić information content (AvgIpc) is 2.57. The zero-order valence-corrected chi connectivity index (χ0v) is 10.5. The third-order valence-electron chi connectivity index (χ3n) is 4.08. The summed E-state index contributed by atoms with van der Waals surface area (Å²) >= 11 is 0. The molecule has 2 saturated heterocycles. The molecule has 0 aromatic heterocycles. The summed E-state index contributed by atoms with van der Waals surface area (Å²) in [5, 5.41) is 3.31. The number of nitrogens with zero attached hydrogens (tertiary/aromatic N) is 1. The second-order valence-corrected chi connectivity index (χ2v) is 5.55. The molecular weight excluding hydrogens is 204 g/mol. The van der Waals surface area contributed by atoms with Crippen LogP contribution in [0.5, 0.6) is 0 Å². The summed E-state index contributed by atoms with van der Waals surface area (Å²) in [6, 6.07) is 0. The Hall–Kier alpha value is -0.770. The minimum absolute atomic E-state index is 0.0918. The van der Waals surface area contributed by atoms with Gasteiger partial charge in [0.05, 0.1) is 6.54 Å². The van der Waals surface area contributed by atoms with E-state index in [1.54, 1.807) is 0 Å². The number of nitrogens with one attached hydrogen (secondary N) is 1. The molecule has 0 aromatic carbocycles. The quantitative estimate of drug-likeness (QED) is 0.780. The molecular formula is C12H22N2O2. The smallest absolute Gasteiger partial charge is 0.410 e. The van der Waals surface area contributed by atoms with Crippen LogP contribution in [0.15, 0.2) is 0 Å². The average molecular weight is 226 g/mol. The molecule has 0 unspecified atom stereocenters. The number of carbonyl (C=O) groups excluding carboxylic acids is 1. The van der Waals surface area contributed by atoms with Gasteiger partial charge in [0, 0.05) is 18.4 Å². The molecule has 1 N–H and O–H groups in total. The summed E-state index contributed by atoms with van der Waals surface area (Å²) < 4.78 is 5.64. The van der Waals surface area contributed by atoms with Crippen molar-refractivity contribution in [3.63, 3.8) is 0 Å². The third-order valence-corrected chi connectivity index (χ3v) is 4.08. The molecule has 92 valence electrons. The molecule has 4 heteroatoms. The molecule has 2 rings (SSSR count). The summed E-state index contributed by atoms with van der Waals surface area (Å²) in [6.07, 6.45) is 2.70. The van der Waals surface area contributed by atoms with E-state index in [0.717, 1.165) is 38.9 Å². The maximum atomic E-state index is 11.9. The number of ether oxygens (including phenoxy) is 1. The summed E-state index contributed by atoms with van der Waals surface area (Å²) in [6.45, 7) is 8.99. The summed E-state index contributed by atoms with van der Waals surface area (Å²) in [5.41, 5.74) is -0.305. The van der Waals surface area contributed by atoms with Crippen molar-refractivity contribution in [2.24, 2.45) is 0 Å². The van der Waals surface area contributed by atoms with Gasteiger partial charge < -0.3 is 10.1 Å². The number of carbonyl (C=O) groups is 1. The van der Waals surface area contributed by atoms with Crippen molar-refractivity contribution < 1.29 is 9.53 Å². The second kappa shape index (κ2) is 3.91. The second-order valence-electron chi connectivity index (χ2n) is 5.55. The van der Waals surface area contributed by atoms with Crippen molar-refractivity contribution in [3.05, 3.63) is 0 Å². The normalized spacial score (nSPS) is 24.9. The van der Waals surface area contributed by atoms with Crippen molar-refractivity contribution in [2.75, 3.05) is 19.6 Å². The Bertz CT molecular complexity index is 283. The molecule has 0 aromatic rings. The molecule has 0 radical (unpaired) electrons. The van der Waals surface area contributed by atoms with Gasteiger partial charge in [-0.3, -0.25) is 4.90 Å². The monoisotopic (exact) mass is 226 g/mol. The highest BCUT2D eigenvalue weighted by molar-refractivity contribution is 5.71. The van der Waals surface area contributed by atoms with Gasteiger partial charge >= 0.3 is 6.09 Å².